The lowest BCUT2D eigenvalue weighted by molar-refractivity contribution is -0.170. The molecule has 1 aromatic rings. The lowest BCUT2D eigenvalue weighted by Crippen LogP contribution is -2.42. The molecule has 190 valence electrons. The van der Waals surface area contributed by atoms with Gasteiger partial charge in [0.2, 0.25) is 5.43 Å². The van der Waals surface area contributed by atoms with Gasteiger partial charge < -0.3 is 35.4 Å². The number of aliphatic hydroxyl groups is 1. The van der Waals surface area contributed by atoms with Gasteiger partial charge in [0.1, 0.15) is 6.61 Å². The molecule has 0 radical (unpaired) electrons. The Bertz CT molecular complexity index is 855. The number of carboxylic acid groups (broad SMARTS) is 3. The highest BCUT2D eigenvalue weighted by molar-refractivity contribution is 5.88. The Morgan fingerprint density at radius 1 is 0.971 bits per heavy atom. The van der Waals surface area contributed by atoms with Crippen molar-refractivity contribution in [2.45, 2.75) is 38.7 Å². The average molecular weight is 485 g/mol. The summed E-state index contributed by atoms with van der Waals surface area (Å²) in [5.74, 6) is -5.27. The molecule has 0 saturated carbocycles. The van der Waals surface area contributed by atoms with Crippen LogP contribution < -0.4 is 10.7 Å². The Morgan fingerprint density at radius 3 is 2.03 bits per heavy atom. The molecule has 0 atom stereocenters. The maximum atomic E-state index is 11.6. The molecule has 0 spiro atoms. The van der Waals surface area contributed by atoms with Gasteiger partial charge in [-0.1, -0.05) is 32.0 Å². The van der Waals surface area contributed by atoms with E-state index in [1.54, 1.807) is 24.3 Å². The van der Waals surface area contributed by atoms with E-state index in [-0.39, 0.29) is 17.8 Å². The standard InChI is InChI=1S/C16H24N2O3.C6H8O7/c1-3-18(4-2)12-13-21-16(20)10-11-17-14-8-6-5-7-9-15(14)19;7-3(8)1-6(13,5(11)12)2-4(9)10/h5-9H,3-4,10-13H2,1-2H3,(H,17,19);13H,1-2H2,(H,7,8)(H,9,10)(H,11,12). The van der Waals surface area contributed by atoms with Gasteiger partial charge in [0.25, 0.3) is 0 Å². The number of hydrogen-bond donors (Lipinski definition) is 5. The third-order valence-corrected chi connectivity index (χ3v) is 4.49. The van der Waals surface area contributed by atoms with Crippen molar-refractivity contribution >= 4 is 29.6 Å². The topological polar surface area (TPSA) is 191 Å². The van der Waals surface area contributed by atoms with E-state index < -0.39 is 36.4 Å². The van der Waals surface area contributed by atoms with Gasteiger partial charge in [-0.15, -0.1) is 0 Å². The van der Waals surface area contributed by atoms with Crippen LogP contribution in [-0.4, -0.2) is 87.6 Å². The Kier molecular flexibility index (Phi) is 14.5. The zero-order chi connectivity index (χ0) is 26.1. The fourth-order valence-electron chi connectivity index (χ4n) is 2.59. The first-order valence-electron chi connectivity index (χ1n) is 10.6. The molecule has 34 heavy (non-hydrogen) atoms. The van der Waals surface area contributed by atoms with E-state index in [9.17, 15) is 24.0 Å². The Labute approximate surface area is 196 Å². The third kappa shape index (κ3) is 13.1. The molecule has 12 nitrogen and oxygen atoms in total. The van der Waals surface area contributed by atoms with Crippen molar-refractivity contribution in [1.82, 2.24) is 4.90 Å². The molecule has 0 amide bonds. The van der Waals surface area contributed by atoms with Crippen LogP contribution >= 0.6 is 0 Å². The van der Waals surface area contributed by atoms with E-state index >= 15 is 0 Å². The second kappa shape index (κ2) is 16.2. The third-order valence-electron chi connectivity index (χ3n) is 4.49. The first-order chi connectivity index (χ1) is 15.9. The van der Waals surface area contributed by atoms with Crippen molar-refractivity contribution in [2.24, 2.45) is 0 Å². The molecule has 0 aliphatic rings. The number of carboxylic acids is 3. The van der Waals surface area contributed by atoms with Crippen molar-refractivity contribution in [3.8, 4) is 0 Å². The number of nitrogens with one attached hydrogen (secondary N) is 1. The van der Waals surface area contributed by atoms with Gasteiger partial charge in [-0.05, 0) is 25.2 Å². The highest BCUT2D eigenvalue weighted by atomic mass is 16.5. The minimum Gasteiger partial charge on any atom is -0.481 e. The maximum absolute atomic E-state index is 11.6. The van der Waals surface area contributed by atoms with Crippen LogP contribution in [0.1, 0.15) is 33.1 Å². The minimum atomic E-state index is -2.74. The molecular formula is C22H32N2O10. The summed E-state index contributed by atoms with van der Waals surface area (Å²) < 4.78 is 5.16. The molecular weight excluding hydrogens is 452 g/mol. The molecule has 5 N–H and O–H groups in total. The van der Waals surface area contributed by atoms with E-state index in [4.69, 9.17) is 25.2 Å². The van der Waals surface area contributed by atoms with Gasteiger partial charge in [0, 0.05) is 13.1 Å². The molecule has 0 fully saturated rings. The molecule has 0 heterocycles. The number of rotatable bonds is 14. The Morgan fingerprint density at radius 2 is 1.53 bits per heavy atom. The zero-order valence-corrected chi connectivity index (χ0v) is 19.2. The SMILES string of the molecule is CCN(CC)CCOC(=O)CCNc1cccccc1=O.O=C(O)CC(O)(CC(=O)O)C(=O)O. The fraction of sp³-hybridized carbons (Fsp3) is 0.500. The predicted octanol–water partition coefficient (Wildman–Crippen LogP) is 0.485. The summed E-state index contributed by atoms with van der Waals surface area (Å²) in [4.78, 5) is 55.9. The minimum absolute atomic E-state index is 0.0881. The summed E-state index contributed by atoms with van der Waals surface area (Å²) in [5, 5.41) is 36.8. The molecule has 1 rings (SSSR count). The lowest BCUT2D eigenvalue weighted by Gasteiger charge is -2.18. The van der Waals surface area contributed by atoms with E-state index in [2.05, 4.69) is 24.1 Å². The summed E-state index contributed by atoms with van der Waals surface area (Å²) in [6.07, 6.45) is -2.04. The number of ether oxygens (including phenoxy) is 1. The van der Waals surface area contributed by atoms with Crippen LogP contribution in [0.25, 0.3) is 0 Å². The Hall–Kier alpha value is -3.51. The van der Waals surface area contributed by atoms with E-state index in [0.717, 1.165) is 19.6 Å². The number of esters is 1. The van der Waals surface area contributed by atoms with Crippen LogP contribution in [0.3, 0.4) is 0 Å². The quantitative estimate of drug-likeness (QED) is 0.230. The number of carbonyl (C=O) groups is 4. The van der Waals surface area contributed by atoms with Crippen LogP contribution in [-0.2, 0) is 23.9 Å². The highest BCUT2D eigenvalue weighted by Gasteiger charge is 2.40. The Balaban J connectivity index is 0.000000722. The van der Waals surface area contributed by atoms with Gasteiger partial charge in [-0.25, -0.2) is 4.79 Å². The summed E-state index contributed by atoms with van der Waals surface area (Å²) in [7, 11) is 0. The van der Waals surface area contributed by atoms with Gasteiger partial charge in [0.05, 0.1) is 24.9 Å². The van der Waals surface area contributed by atoms with Gasteiger partial charge in [-0.3, -0.25) is 19.2 Å². The van der Waals surface area contributed by atoms with E-state index in [1.165, 1.54) is 6.07 Å². The smallest absolute Gasteiger partial charge is 0.336 e. The molecule has 0 unspecified atom stereocenters. The van der Waals surface area contributed by atoms with Crippen LogP contribution in [0, 0.1) is 0 Å². The first kappa shape index (κ1) is 30.5. The zero-order valence-electron chi connectivity index (χ0n) is 19.2. The van der Waals surface area contributed by atoms with Gasteiger partial charge in [-0.2, -0.15) is 0 Å². The first-order valence-corrected chi connectivity index (χ1v) is 10.6. The molecule has 0 bridgehead atoms. The largest absolute Gasteiger partial charge is 0.481 e. The van der Waals surface area contributed by atoms with Crippen molar-refractivity contribution in [3.05, 3.63) is 40.6 Å². The molecule has 12 heteroatoms. The fourth-order valence-corrected chi connectivity index (χ4v) is 2.59. The molecule has 1 aromatic carbocycles. The number of aliphatic carboxylic acids is 3. The lowest BCUT2D eigenvalue weighted by atomic mass is 9.96. The number of hydrogen-bond acceptors (Lipinski definition) is 9. The van der Waals surface area contributed by atoms with Crippen molar-refractivity contribution in [2.75, 3.05) is 38.1 Å². The van der Waals surface area contributed by atoms with Crippen LogP contribution in [0.4, 0.5) is 5.69 Å². The second-order valence-electron chi connectivity index (χ2n) is 7.09. The normalized spacial score (nSPS) is 10.6. The number of likely N-dealkylation sites (N-methyl/N-ethyl adjacent to an activating group) is 1. The number of carbonyl (C=O) groups excluding carboxylic acids is 1. The number of anilines is 1. The highest BCUT2D eigenvalue weighted by Crippen LogP contribution is 2.15. The number of nitrogens with zero attached hydrogens (tertiary/aromatic N) is 1. The summed E-state index contributed by atoms with van der Waals surface area (Å²) in [6.45, 7) is 7.62. The predicted molar refractivity (Wildman–Crippen MR) is 122 cm³/mol. The van der Waals surface area contributed by atoms with Crippen molar-refractivity contribution in [3.63, 3.8) is 0 Å². The molecule has 0 aromatic heterocycles. The van der Waals surface area contributed by atoms with Gasteiger partial charge >= 0.3 is 23.9 Å². The van der Waals surface area contributed by atoms with Crippen molar-refractivity contribution < 1.29 is 44.3 Å². The average Bonchev–Trinajstić information content (AvgIpc) is 2.94. The van der Waals surface area contributed by atoms with Crippen LogP contribution in [0.2, 0.25) is 0 Å². The summed E-state index contributed by atoms with van der Waals surface area (Å²) >= 11 is 0. The summed E-state index contributed by atoms with van der Waals surface area (Å²) in [6, 6.07) is 8.45. The van der Waals surface area contributed by atoms with E-state index in [0.29, 0.717) is 18.8 Å². The van der Waals surface area contributed by atoms with E-state index in [1.807, 2.05) is 0 Å². The molecule has 0 aliphatic carbocycles. The monoisotopic (exact) mass is 484 g/mol. The molecule has 0 saturated heterocycles. The molecule has 0 aliphatic heterocycles. The maximum Gasteiger partial charge on any atom is 0.336 e. The van der Waals surface area contributed by atoms with Crippen LogP contribution in [0.15, 0.2) is 35.1 Å². The van der Waals surface area contributed by atoms with Gasteiger partial charge in [0.15, 0.2) is 5.60 Å². The second-order valence-corrected chi connectivity index (χ2v) is 7.09. The summed E-state index contributed by atoms with van der Waals surface area (Å²) in [5.41, 5.74) is -2.33. The van der Waals surface area contributed by atoms with Crippen LogP contribution in [0.5, 0.6) is 0 Å². The van der Waals surface area contributed by atoms with Crippen molar-refractivity contribution in [1.29, 1.82) is 0 Å².